The summed E-state index contributed by atoms with van der Waals surface area (Å²) < 4.78 is 5.18. The molecule has 1 unspecified atom stereocenters. The van der Waals surface area contributed by atoms with Crippen LogP contribution in [-0.4, -0.2) is 28.8 Å². The number of alkyl carbamates (subject to hydrolysis) is 1. The molecule has 0 spiro atoms. The minimum Gasteiger partial charge on any atom is -0.481 e. The first-order chi connectivity index (χ1) is 8.11. The number of carbonyl (C=O) groups excluding carboxylic acids is 1. The summed E-state index contributed by atoms with van der Waals surface area (Å²) in [5.74, 6) is -0.568. The fraction of sp³-hybridized carbons (Fsp3) is 0.846. The molecule has 0 aliphatic carbocycles. The maximum atomic E-state index is 11.6. The molecule has 0 saturated carbocycles. The monoisotopic (exact) mass is 259 g/mol. The second-order valence-electron chi connectivity index (χ2n) is 5.78. The molecular formula is C13H25NO4. The van der Waals surface area contributed by atoms with Crippen LogP contribution in [0.2, 0.25) is 0 Å². The lowest BCUT2D eigenvalue weighted by molar-refractivity contribution is -0.137. The van der Waals surface area contributed by atoms with Crippen molar-refractivity contribution in [2.45, 2.75) is 65.5 Å². The van der Waals surface area contributed by atoms with Gasteiger partial charge in [-0.3, -0.25) is 4.79 Å². The topological polar surface area (TPSA) is 75.6 Å². The summed E-state index contributed by atoms with van der Waals surface area (Å²) in [6, 6.07) is -0.0563. The number of hydrogen-bond acceptors (Lipinski definition) is 3. The fourth-order valence-electron chi connectivity index (χ4n) is 1.50. The first-order valence-corrected chi connectivity index (χ1v) is 6.33. The van der Waals surface area contributed by atoms with Gasteiger partial charge in [0.1, 0.15) is 5.60 Å². The van der Waals surface area contributed by atoms with E-state index in [1.807, 2.05) is 13.8 Å². The SMILES string of the molecule is CC(C)C(CCCC(=O)O)NC(=O)OC(C)(C)C. The van der Waals surface area contributed by atoms with Crippen LogP contribution >= 0.6 is 0 Å². The van der Waals surface area contributed by atoms with Crippen molar-refractivity contribution in [3.05, 3.63) is 0 Å². The minimum absolute atomic E-state index is 0.0563. The number of carbonyl (C=O) groups is 2. The number of amides is 1. The molecule has 1 amide bonds. The smallest absolute Gasteiger partial charge is 0.407 e. The number of carboxylic acid groups (broad SMARTS) is 1. The van der Waals surface area contributed by atoms with Crippen molar-refractivity contribution >= 4 is 12.1 Å². The molecule has 0 aliphatic rings. The van der Waals surface area contributed by atoms with Gasteiger partial charge in [-0.25, -0.2) is 4.79 Å². The molecule has 0 bridgehead atoms. The van der Waals surface area contributed by atoms with Gasteiger partial charge in [0.05, 0.1) is 0 Å². The molecule has 0 aliphatic heterocycles. The van der Waals surface area contributed by atoms with Gasteiger partial charge in [-0.15, -0.1) is 0 Å². The van der Waals surface area contributed by atoms with E-state index in [-0.39, 0.29) is 18.4 Å². The Balaban J connectivity index is 4.19. The third kappa shape index (κ3) is 8.84. The standard InChI is InChI=1S/C13H25NO4/c1-9(2)10(7-6-8-11(15)16)14-12(17)18-13(3,4)5/h9-10H,6-8H2,1-5H3,(H,14,17)(H,15,16). The molecule has 0 saturated heterocycles. The normalized spacial score (nSPS) is 13.2. The van der Waals surface area contributed by atoms with E-state index in [2.05, 4.69) is 5.32 Å². The highest BCUT2D eigenvalue weighted by Crippen LogP contribution is 2.12. The van der Waals surface area contributed by atoms with E-state index >= 15 is 0 Å². The van der Waals surface area contributed by atoms with Gasteiger partial charge in [-0.1, -0.05) is 13.8 Å². The molecule has 0 fully saturated rings. The highest BCUT2D eigenvalue weighted by molar-refractivity contribution is 5.68. The summed E-state index contributed by atoms with van der Waals surface area (Å²) in [6.07, 6.45) is 0.868. The Hall–Kier alpha value is -1.26. The summed E-state index contributed by atoms with van der Waals surface area (Å²) in [6.45, 7) is 9.40. The van der Waals surface area contributed by atoms with Crippen molar-refractivity contribution in [2.24, 2.45) is 5.92 Å². The molecule has 106 valence electrons. The van der Waals surface area contributed by atoms with Gasteiger partial charge in [-0.2, -0.15) is 0 Å². The quantitative estimate of drug-likeness (QED) is 0.769. The second kappa shape index (κ2) is 7.24. The molecule has 2 N–H and O–H groups in total. The van der Waals surface area contributed by atoms with Crippen LogP contribution in [0.25, 0.3) is 0 Å². The van der Waals surface area contributed by atoms with Gasteiger partial charge >= 0.3 is 12.1 Å². The number of hydrogen-bond donors (Lipinski definition) is 2. The van der Waals surface area contributed by atoms with Crippen LogP contribution in [0.1, 0.15) is 53.9 Å². The van der Waals surface area contributed by atoms with E-state index in [0.29, 0.717) is 12.8 Å². The van der Waals surface area contributed by atoms with Gasteiger partial charge in [0, 0.05) is 12.5 Å². The molecule has 0 aromatic carbocycles. The Labute approximate surface area is 109 Å². The molecule has 0 rings (SSSR count). The molecular weight excluding hydrogens is 234 g/mol. The third-order valence-corrected chi connectivity index (χ3v) is 2.41. The van der Waals surface area contributed by atoms with Crippen molar-refractivity contribution in [1.29, 1.82) is 0 Å². The number of rotatable bonds is 6. The van der Waals surface area contributed by atoms with Crippen molar-refractivity contribution in [1.82, 2.24) is 5.32 Å². The maximum absolute atomic E-state index is 11.6. The minimum atomic E-state index is -0.810. The Morgan fingerprint density at radius 2 is 1.83 bits per heavy atom. The van der Waals surface area contributed by atoms with Crippen LogP contribution in [0.4, 0.5) is 4.79 Å². The van der Waals surface area contributed by atoms with Gasteiger partial charge in [0.2, 0.25) is 0 Å². The Kier molecular flexibility index (Phi) is 6.73. The highest BCUT2D eigenvalue weighted by Gasteiger charge is 2.21. The second-order valence-corrected chi connectivity index (χ2v) is 5.78. The lowest BCUT2D eigenvalue weighted by Gasteiger charge is -2.25. The molecule has 18 heavy (non-hydrogen) atoms. The van der Waals surface area contributed by atoms with Crippen LogP contribution < -0.4 is 5.32 Å². The first-order valence-electron chi connectivity index (χ1n) is 6.33. The van der Waals surface area contributed by atoms with Crippen LogP contribution in [0.3, 0.4) is 0 Å². The Bertz CT molecular complexity index is 281. The zero-order chi connectivity index (χ0) is 14.3. The molecule has 5 nitrogen and oxygen atoms in total. The Morgan fingerprint density at radius 1 is 1.28 bits per heavy atom. The number of ether oxygens (including phenoxy) is 1. The van der Waals surface area contributed by atoms with E-state index in [1.54, 1.807) is 20.8 Å². The Morgan fingerprint density at radius 3 is 2.22 bits per heavy atom. The average molecular weight is 259 g/mol. The summed E-state index contributed by atoms with van der Waals surface area (Å²) in [7, 11) is 0. The van der Waals surface area contributed by atoms with Gasteiger partial charge in [0.25, 0.3) is 0 Å². The van der Waals surface area contributed by atoms with E-state index in [9.17, 15) is 9.59 Å². The number of carboxylic acids is 1. The number of aliphatic carboxylic acids is 1. The maximum Gasteiger partial charge on any atom is 0.407 e. The van der Waals surface area contributed by atoms with Crippen molar-refractivity contribution in [2.75, 3.05) is 0 Å². The van der Waals surface area contributed by atoms with Gasteiger partial charge in [-0.05, 0) is 39.5 Å². The predicted molar refractivity (Wildman–Crippen MR) is 69.5 cm³/mol. The lowest BCUT2D eigenvalue weighted by Crippen LogP contribution is -2.41. The van der Waals surface area contributed by atoms with Crippen LogP contribution in [0, 0.1) is 5.92 Å². The molecule has 5 heteroatoms. The fourth-order valence-corrected chi connectivity index (χ4v) is 1.50. The molecule has 1 atom stereocenters. The van der Waals surface area contributed by atoms with Crippen LogP contribution in [0.5, 0.6) is 0 Å². The summed E-state index contributed by atoms with van der Waals surface area (Å²) in [5, 5.41) is 11.4. The van der Waals surface area contributed by atoms with Crippen molar-refractivity contribution in [3.63, 3.8) is 0 Å². The summed E-state index contributed by atoms with van der Waals surface area (Å²) >= 11 is 0. The molecule has 0 radical (unpaired) electrons. The van der Waals surface area contributed by atoms with E-state index < -0.39 is 17.7 Å². The number of nitrogens with one attached hydrogen (secondary N) is 1. The van der Waals surface area contributed by atoms with Crippen LogP contribution in [0.15, 0.2) is 0 Å². The summed E-state index contributed by atoms with van der Waals surface area (Å²) in [5.41, 5.74) is -0.521. The largest absolute Gasteiger partial charge is 0.481 e. The third-order valence-electron chi connectivity index (χ3n) is 2.41. The molecule has 0 heterocycles. The molecule has 0 aromatic heterocycles. The zero-order valence-corrected chi connectivity index (χ0v) is 11.9. The zero-order valence-electron chi connectivity index (χ0n) is 11.9. The first kappa shape index (κ1) is 16.7. The molecule has 0 aromatic rings. The highest BCUT2D eigenvalue weighted by atomic mass is 16.6. The van der Waals surface area contributed by atoms with E-state index in [1.165, 1.54) is 0 Å². The van der Waals surface area contributed by atoms with E-state index in [0.717, 1.165) is 0 Å². The van der Waals surface area contributed by atoms with Crippen molar-refractivity contribution < 1.29 is 19.4 Å². The summed E-state index contributed by atoms with van der Waals surface area (Å²) in [4.78, 5) is 22.1. The van der Waals surface area contributed by atoms with Crippen molar-refractivity contribution in [3.8, 4) is 0 Å². The van der Waals surface area contributed by atoms with Gasteiger partial charge < -0.3 is 15.2 Å². The average Bonchev–Trinajstić information content (AvgIpc) is 2.12. The predicted octanol–water partition coefficient (Wildman–Crippen LogP) is 2.79. The van der Waals surface area contributed by atoms with E-state index in [4.69, 9.17) is 9.84 Å². The van der Waals surface area contributed by atoms with Crippen LogP contribution in [-0.2, 0) is 9.53 Å². The lowest BCUT2D eigenvalue weighted by atomic mass is 9.98. The van der Waals surface area contributed by atoms with Gasteiger partial charge in [0.15, 0.2) is 0 Å².